The standard InChI is InChI=1S/C11H16FNO/c1-3-11(14)7-13-10-5-8(2)4-9(12)6-10/h4-6,11,13-14H,3,7H2,1-2H3/t11-/m1/s1. The van der Waals surface area contributed by atoms with E-state index in [4.69, 9.17) is 0 Å². The van der Waals surface area contributed by atoms with Gasteiger partial charge in [0, 0.05) is 12.2 Å². The summed E-state index contributed by atoms with van der Waals surface area (Å²) < 4.78 is 12.9. The molecule has 0 fully saturated rings. The molecule has 1 rings (SSSR count). The van der Waals surface area contributed by atoms with Crippen LogP contribution in [0.2, 0.25) is 0 Å². The molecule has 78 valence electrons. The third-order valence-corrected chi connectivity index (χ3v) is 2.06. The minimum Gasteiger partial charge on any atom is -0.391 e. The van der Waals surface area contributed by atoms with Gasteiger partial charge in [-0.25, -0.2) is 4.39 Å². The van der Waals surface area contributed by atoms with Gasteiger partial charge in [0.05, 0.1) is 6.10 Å². The Morgan fingerprint density at radius 2 is 2.14 bits per heavy atom. The first kappa shape index (κ1) is 11.0. The summed E-state index contributed by atoms with van der Waals surface area (Å²) in [5.41, 5.74) is 1.59. The quantitative estimate of drug-likeness (QED) is 0.776. The van der Waals surface area contributed by atoms with Crippen LogP contribution in [0, 0.1) is 12.7 Å². The molecule has 0 unspecified atom stereocenters. The van der Waals surface area contributed by atoms with Gasteiger partial charge in [-0.2, -0.15) is 0 Å². The van der Waals surface area contributed by atoms with Gasteiger partial charge in [0.25, 0.3) is 0 Å². The van der Waals surface area contributed by atoms with Crippen LogP contribution in [0.3, 0.4) is 0 Å². The number of aliphatic hydroxyl groups excluding tert-OH is 1. The molecular weight excluding hydrogens is 181 g/mol. The molecule has 0 aliphatic heterocycles. The zero-order valence-corrected chi connectivity index (χ0v) is 8.55. The zero-order chi connectivity index (χ0) is 10.6. The highest BCUT2D eigenvalue weighted by Gasteiger charge is 2.01. The van der Waals surface area contributed by atoms with Gasteiger partial charge in [0.1, 0.15) is 5.82 Å². The normalized spacial score (nSPS) is 12.6. The van der Waals surface area contributed by atoms with Crippen LogP contribution >= 0.6 is 0 Å². The highest BCUT2D eigenvalue weighted by Crippen LogP contribution is 2.13. The topological polar surface area (TPSA) is 32.3 Å². The fourth-order valence-electron chi connectivity index (χ4n) is 1.22. The molecule has 0 amide bonds. The average Bonchev–Trinajstić information content (AvgIpc) is 2.12. The van der Waals surface area contributed by atoms with Crippen molar-refractivity contribution in [2.24, 2.45) is 0 Å². The fourth-order valence-corrected chi connectivity index (χ4v) is 1.22. The first-order valence-electron chi connectivity index (χ1n) is 4.81. The Hall–Kier alpha value is -1.09. The molecule has 2 nitrogen and oxygen atoms in total. The molecule has 2 N–H and O–H groups in total. The Labute approximate surface area is 83.8 Å². The zero-order valence-electron chi connectivity index (χ0n) is 8.55. The summed E-state index contributed by atoms with van der Waals surface area (Å²) in [4.78, 5) is 0. The molecule has 0 heterocycles. The van der Waals surface area contributed by atoms with Gasteiger partial charge >= 0.3 is 0 Å². The summed E-state index contributed by atoms with van der Waals surface area (Å²) in [5, 5.41) is 12.3. The van der Waals surface area contributed by atoms with E-state index in [1.807, 2.05) is 19.9 Å². The number of nitrogens with one attached hydrogen (secondary N) is 1. The van der Waals surface area contributed by atoms with Crippen molar-refractivity contribution in [3.05, 3.63) is 29.6 Å². The van der Waals surface area contributed by atoms with Crippen LogP contribution in [0.4, 0.5) is 10.1 Å². The maximum Gasteiger partial charge on any atom is 0.125 e. The Balaban J connectivity index is 2.58. The van der Waals surface area contributed by atoms with Crippen molar-refractivity contribution >= 4 is 5.69 Å². The van der Waals surface area contributed by atoms with Gasteiger partial charge in [-0.3, -0.25) is 0 Å². The first-order chi connectivity index (χ1) is 6.61. The van der Waals surface area contributed by atoms with E-state index in [2.05, 4.69) is 5.32 Å². The van der Waals surface area contributed by atoms with Crippen molar-refractivity contribution in [2.45, 2.75) is 26.4 Å². The fraction of sp³-hybridized carbons (Fsp3) is 0.455. The molecule has 0 saturated carbocycles. The SMILES string of the molecule is CC[C@@H](O)CNc1cc(C)cc(F)c1. The molecule has 1 aromatic rings. The highest BCUT2D eigenvalue weighted by atomic mass is 19.1. The van der Waals surface area contributed by atoms with E-state index in [0.717, 1.165) is 11.3 Å². The number of rotatable bonds is 4. The smallest absolute Gasteiger partial charge is 0.125 e. The lowest BCUT2D eigenvalue weighted by molar-refractivity contribution is 0.183. The molecule has 1 aromatic carbocycles. The molecule has 0 radical (unpaired) electrons. The van der Waals surface area contributed by atoms with Gasteiger partial charge in [-0.1, -0.05) is 6.92 Å². The van der Waals surface area contributed by atoms with Gasteiger partial charge in [0.15, 0.2) is 0 Å². The van der Waals surface area contributed by atoms with Crippen molar-refractivity contribution in [3.63, 3.8) is 0 Å². The largest absolute Gasteiger partial charge is 0.391 e. The molecule has 3 heteroatoms. The minimum absolute atomic E-state index is 0.251. The van der Waals surface area contributed by atoms with Crippen LogP contribution in [-0.2, 0) is 0 Å². The molecule has 0 bridgehead atoms. The molecule has 0 aliphatic rings. The monoisotopic (exact) mass is 197 g/mol. The van der Waals surface area contributed by atoms with Crippen molar-refractivity contribution in [2.75, 3.05) is 11.9 Å². The van der Waals surface area contributed by atoms with Crippen molar-refractivity contribution in [1.82, 2.24) is 0 Å². The molecular formula is C11H16FNO. The Bertz CT molecular complexity index is 281. The van der Waals surface area contributed by atoms with E-state index in [-0.39, 0.29) is 11.9 Å². The average molecular weight is 197 g/mol. The highest BCUT2D eigenvalue weighted by molar-refractivity contribution is 5.46. The number of hydrogen-bond acceptors (Lipinski definition) is 2. The summed E-state index contributed by atoms with van der Waals surface area (Å²) in [5.74, 6) is -0.251. The summed E-state index contributed by atoms with van der Waals surface area (Å²) in [6, 6.07) is 4.75. The minimum atomic E-state index is -0.376. The predicted molar refractivity (Wildman–Crippen MR) is 55.9 cm³/mol. The van der Waals surface area contributed by atoms with Crippen molar-refractivity contribution in [1.29, 1.82) is 0 Å². The summed E-state index contributed by atoms with van der Waals surface area (Å²) in [6.07, 6.45) is 0.319. The third-order valence-electron chi connectivity index (χ3n) is 2.06. The number of aryl methyl sites for hydroxylation is 1. The van der Waals surface area contributed by atoms with Gasteiger partial charge in [-0.05, 0) is 37.1 Å². The van der Waals surface area contributed by atoms with Crippen molar-refractivity contribution < 1.29 is 9.50 Å². The third kappa shape index (κ3) is 3.34. The number of benzene rings is 1. The van der Waals surface area contributed by atoms with Crippen LogP contribution in [0.1, 0.15) is 18.9 Å². The van der Waals surface area contributed by atoms with Crippen LogP contribution in [0.5, 0.6) is 0 Å². The summed E-state index contributed by atoms with van der Waals surface area (Å²) in [7, 11) is 0. The Kier molecular flexibility index (Phi) is 3.89. The van der Waals surface area contributed by atoms with Crippen LogP contribution in [0.25, 0.3) is 0 Å². The van der Waals surface area contributed by atoms with E-state index >= 15 is 0 Å². The van der Waals surface area contributed by atoms with Crippen LogP contribution in [0.15, 0.2) is 18.2 Å². The molecule has 0 saturated heterocycles. The molecule has 14 heavy (non-hydrogen) atoms. The summed E-state index contributed by atoms with van der Waals surface area (Å²) >= 11 is 0. The Morgan fingerprint density at radius 1 is 1.43 bits per heavy atom. The van der Waals surface area contributed by atoms with E-state index in [9.17, 15) is 9.50 Å². The number of halogens is 1. The van der Waals surface area contributed by atoms with Crippen LogP contribution in [-0.4, -0.2) is 17.8 Å². The second kappa shape index (κ2) is 4.96. The molecule has 1 atom stereocenters. The number of aliphatic hydroxyl groups is 1. The van der Waals surface area contributed by atoms with E-state index in [1.165, 1.54) is 12.1 Å². The second-order valence-corrected chi connectivity index (χ2v) is 3.46. The van der Waals surface area contributed by atoms with Gasteiger partial charge < -0.3 is 10.4 Å². The van der Waals surface area contributed by atoms with E-state index in [0.29, 0.717) is 13.0 Å². The van der Waals surface area contributed by atoms with Crippen LogP contribution < -0.4 is 5.32 Å². The second-order valence-electron chi connectivity index (χ2n) is 3.46. The predicted octanol–water partition coefficient (Wildman–Crippen LogP) is 2.32. The molecule has 0 aliphatic carbocycles. The van der Waals surface area contributed by atoms with Gasteiger partial charge in [-0.15, -0.1) is 0 Å². The lowest BCUT2D eigenvalue weighted by Crippen LogP contribution is -2.18. The van der Waals surface area contributed by atoms with Gasteiger partial charge in [0.2, 0.25) is 0 Å². The Morgan fingerprint density at radius 3 is 2.71 bits per heavy atom. The lowest BCUT2D eigenvalue weighted by Gasteiger charge is -2.11. The van der Waals surface area contributed by atoms with Crippen molar-refractivity contribution in [3.8, 4) is 0 Å². The number of anilines is 1. The number of hydrogen-bond donors (Lipinski definition) is 2. The molecule has 0 spiro atoms. The van der Waals surface area contributed by atoms with E-state index in [1.54, 1.807) is 0 Å². The lowest BCUT2D eigenvalue weighted by atomic mass is 10.2. The maximum atomic E-state index is 12.9. The first-order valence-corrected chi connectivity index (χ1v) is 4.81. The molecule has 0 aromatic heterocycles. The van der Waals surface area contributed by atoms with E-state index < -0.39 is 0 Å². The summed E-state index contributed by atoms with van der Waals surface area (Å²) in [6.45, 7) is 4.20. The maximum absolute atomic E-state index is 12.9.